The van der Waals surface area contributed by atoms with Crippen LogP contribution in [0.5, 0.6) is 11.5 Å². The Labute approximate surface area is 193 Å². The van der Waals surface area contributed by atoms with Crippen LogP contribution in [0, 0.1) is 19.8 Å². The molecule has 2 aromatic rings. The largest absolute Gasteiger partial charge is 0.454 e. The second-order valence-electron chi connectivity index (χ2n) is 8.25. The Balaban J connectivity index is 1.40. The summed E-state index contributed by atoms with van der Waals surface area (Å²) in [5.41, 5.74) is 2.30. The number of rotatable bonds is 5. The molecule has 4 rings (SSSR count). The summed E-state index contributed by atoms with van der Waals surface area (Å²) in [5, 5.41) is 2.91. The Morgan fingerprint density at radius 1 is 1.03 bits per heavy atom. The van der Waals surface area contributed by atoms with Crippen molar-refractivity contribution in [2.45, 2.75) is 31.6 Å². The molecular weight excluding hydrogens is 446 g/mol. The number of ether oxygens (including phenoxy) is 2. The van der Waals surface area contributed by atoms with Gasteiger partial charge in [0.2, 0.25) is 22.7 Å². The third-order valence-electron chi connectivity index (χ3n) is 6.22. The van der Waals surface area contributed by atoms with Crippen molar-refractivity contribution in [2.24, 2.45) is 5.92 Å². The van der Waals surface area contributed by atoms with Gasteiger partial charge in [-0.25, -0.2) is 13.1 Å². The van der Waals surface area contributed by atoms with E-state index in [1.54, 1.807) is 43.0 Å². The third kappa shape index (κ3) is 4.67. The second kappa shape index (κ2) is 9.03. The average Bonchev–Trinajstić information content (AvgIpc) is 3.28. The fraction of sp³-hybridized carbons (Fsp3) is 0.391. The number of amides is 2. The molecule has 2 aliphatic rings. The van der Waals surface area contributed by atoms with Gasteiger partial charge in [-0.3, -0.25) is 9.59 Å². The summed E-state index contributed by atoms with van der Waals surface area (Å²) in [6, 6.07) is 8.39. The fourth-order valence-electron chi connectivity index (χ4n) is 4.09. The number of fused-ring (bicyclic) bond motifs is 1. The molecule has 2 aromatic carbocycles. The molecule has 33 heavy (non-hydrogen) atoms. The topological polar surface area (TPSA) is 114 Å². The second-order valence-corrected chi connectivity index (χ2v) is 10.1. The van der Waals surface area contributed by atoms with Gasteiger partial charge in [0.15, 0.2) is 11.5 Å². The van der Waals surface area contributed by atoms with Crippen LogP contribution in [0.1, 0.15) is 34.3 Å². The highest BCUT2D eigenvalue weighted by molar-refractivity contribution is 7.89. The van der Waals surface area contributed by atoms with Crippen molar-refractivity contribution >= 4 is 27.5 Å². The molecule has 0 saturated carbocycles. The first-order valence-corrected chi connectivity index (χ1v) is 12.2. The van der Waals surface area contributed by atoms with E-state index in [2.05, 4.69) is 10.0 Å². The van der Waals surface area contributed by atoms with Gasteiger partial charge in [-0.1, -0.05) is 0 Å². The van der Waals surface area contributed by atoms with Crippen LogP contribution >= 0.6 is 0 Å². The van der Waals surface area contributed by atoms with Crippen LogP contribution in [0.4, 0.5) is 5.69 Å². The van der Waals surface area contributed by atoms with E-state index in [-0.39, 0.29) is 29.4 Å². The van der Waals surface area contributed by atoms with E-state index >= 15 is 0 Å². The van der Waals surface area contributed by atoms with E-state index < -0.39 is 10.0 Å². The maximum Gasteiger partial charge on any atom is 0.253 e. The minimum Gasteiger partial charge on any atom is -0.454 e. The Morgan fingerprint density at radius 3 is 2.42 bits per heavy atom. The van der Waals surface area contributed by atoms with Gasteiger partial charge in [-0.05, 0) is 69.1 Å². The molecular formula is C23H27N3O6S. The summed E-state index contributed by atoms with van der Waals surface area (Å²) in [4.78, 5) is 27.6. The quantitative estimate of drug-likeness (QED) is 0.690. The summed E-state index contributed by atoms with van der Waals surface area (Å²) in [6.07, 6.45) is 1.04. The van der Waals surface area contributed by atoms with Crippen LogP contribution in [-0.2, 0) is 14.8 Å². The molecule has 2 aliphatic heterocycles. The SMILES string of the molecule is CNS(=O)(=O)c1cc(C(=O)N2CCC(C(=O)Nc3ccc4c(c3)OCO4)CC2)cc(C)c1C. The van der Waals surface area contributed by atoms with Crippen LogP contribution in [0.2, 0.25) is 0 Å². The minimum absolute atomic E-state index is 0.102. The van der Waals surface area contributed by atoms with E-state index in [9.17, 15) is 18.0 Å². The molecule has 0 bridgehead atoms. The van der Waals surface area contributed by atoms with Crippen molar-refractivity contribution in [1.29, 1.82) is 0 Å². The van der Waals surface area contributed by atoms with Gasteiger partial charge >= 0.3 is 0 Å². The standard InChI is InChI=1S/C23H27N3O6S/c1-14-10-17(11-21(15(14)2)33(29,30)24-3)23(28)26-8-6-16(7-9-26)22(27)25-18-4-5-19-20(12-18)32-13-31-19/h4-5,10-12,16,24H,6-9,13H2,1-3H3,(H,25,27). The fourth-order valence-corrected chi connectivity index (χ4v) is 5.15. The molecule has 0 aromatic heterocycles. The van der Waals surface area contributed by atoms with Crippen molar-refractivity contribution in [3.63, 3.8) is 0 Å². The lowest BCUT2D eigenvalue weighted by molar-refractivity contribution is -0.121. The maximum absolute atomic E-state index is 13.1. The number of benzene rings is 2. The van der Waals surface area contributed by atoms with Gasteiger partial charge in [-0.2, -0.15) is 0 Å². The lowest BCUT2D eigenvalue weighted by Gasteiger charge is -2.31. The zero-order valence-corrected chi connectivity index (χ0v) is 19.6. The summed E-state index contributed by atoms with van der Waals surface area (Å²) in [5.74, 6) is 0.687. The molecule has 0 aliphatic carbocycles. The number of likely N-dealkylation sites (tertiary alicyclic amines) is 1. The highest BCUT2D eigenvalue weighted by Gasteiger charge is 2.29. The predicted molar refractivity (Wildman–Crippen MR) is 122 cm³/mol. The molecule has 0 atom stereocenters. The van der Waals surface area contributed by atoms with Crippen LogP contribution < -0.4 is 19.5 Å². The molecule has 176 valence electrons. The smallest absolute Gasteiger partial charge is 0.253 e. The van der Waals surface area contributed by atoms with Gasteiger partial charge < -0.3 is 19.7 Å². The van der Waals surface area contributed by atoms with E-state index in [4.69, 9.17) is 9.47 Å². The molecule has 2 amide bonds. The number of nitrogens with one attached hydrogen (secondary N) is 2. The molecule has 1 fully saturated rings. The van der Waals surface area contributed by atoms with Gasteiger partial charge in [0.25, 0.3) is 5.91 Å². The summed E-state index contributed by atoms with van der Waals surface area (Å²) < 4.78 is 37.7. The third-order valence-corrected chi connectivity index (χ3v) is 7.76. The normalized spacial score (nSPS) is 16.0. The maximum atomic E-state index is 13.1. The Morgan fingerprint density at radius 2 is 1.73 bits per heavy atom. The zero-order chi connectivity index (χ0) is 23.8. The van der Waals surface area contributed by atoms with Crippen LogP contribution in [-0.4, -0.2) is 52.1 Å². The number of piperidine rings is 1. The van der Waals surface area contributed by atoms with Crippen LogP contribution in [0.15, 0.2) is 35.2 Å². The average molecular weight is 474 g/mol. The van der Waals surface area contributed by atoms with E-state index in [0.29, 0.717) is 54.2 Å². The highest BCUT2D eigenvalue weighted by Crippen LogP contribution is 2.34. The first kappa shape index (κ1) is 23.1. The molecule has 0 radical (unpaired) electrons. The van der Waals surface area contributed by atoms with Crippen molar-refractivity contribution < 1.29 is 27.5 Å². The lowest BCUT2D eigenvalue weighted by Crippen LogP contribution is -2.41. The minimum atomic E-state index is -3.68. The first-order valence-electron chi connectivity index (χ1n) is 10.7. The molecule has 2 N–H and O–H groups in total. The van der Waals surface area contributed by atoms with E-state index in [1.165, 1.54) is 13.1 Å². The Kier molecular flexibility index (Phi) is 6.31. The number of sulfonamides is 1. The Bertz CT molecular complexity index is 1200. The van der Waals surface area contributed by atoms with E-state index in [0.717, 1.165) is 5.56 Å². The van der Waals surface area contributed by atoms with Crippen molar-refractivity contribution in [3.05, 3.63) is 47.0 Å². The molecule has 2 heterocycles. The highest BCUT2D eigenvalue weighted by atomic mass is 32.2. The number of hydrogen-bond acceptors (Lipinski definition) is 6. The number of hydrogen-bond donors (Lipinski definition) is 2. The van der Waals surface area contributed by atoms with Gasteiger partial charge in [0.05, 0.1) is 4.90 Å². The molecule has 9 nitrogen and oxygen atoms in total. The number of carbonyl (C=O) groups is 2. The Hall–Kier alpha value is -3.11. The molecule has 10 heteroatoms. The van der Waals surface area contributed by atoms with Crippen LogP contribution in [0.3, 0.4) is 0 Å². The van der Waals surface area contributed by atoms with E-state index in [1.807, 2.05) is 0 Å². The monoisotopic (exact) mass is 473 g/mol. The van der Waals surface area contributed by atoms with Crippen LogP contribution in [0.25, 0.3) is 0 Å². The number of carbonyl (C=O) groups excluding carboxylic acids is 2. The van der Waals surface area contributed by atoms with Crippen molar-refractivity contribution in [3.8, 4) is 11.5 Å². The molecule has 1 saturated heterocycles. The summed E-state index contributed by atoms with van der Waals surface area (Å²) in [6.45, 7) is 4.51. The van der Waals surface area contributed by atoms with Gasteiger partial charge in [0.1, 0.15) is 0 Å². The molecule has 0 spiro atoms. The summed E-state index contributed by atoms with van der Waals surface area (Å²) in [7, 11) is -2.34. The zero-order valence-electron chi connectivity index (χ0n) is 18.8. The van der Waals surface area contributed by atoms with Crippen molar-refractivity contribution in [2.75, 3.05) is 32.2 Å². The lowest BCUT2D eigenvalue weighted by atomic mass is 9.95. The molecule has 0 unspecified atom stereocenters. The first-order chi connectivity index (χ1) is 15.7. The predicted octanol–water partition coefficient (Wildman–Crippen LogP) is 2.43. The number of nitrogens with zero attached hydrogens (tertiary/aromatic N) is 1. The van der Waals surface area contributed by atoms with Gasteiger partial charge in [0, 0.05) is 36.3 Å². The van der Waals surface area contributed by atoms with Gasteiger partial charge in [-0.15, -0.1) is 0 Å². The summed E-state index contributed by atoms with van der Waals surface area (Å²) >= 11 is 0. The number of anilines is 1. The number of aryl methyl sites for hydroxylation is 1. The van der Waals surface area contributed by atoms with Crippen molar-refractivity contribution in [1.82, 2.24) is 9.62 Å².